The summed E-state index contributed by atoms with van der Waals surface area (Å²) < 4.78 is 2.89. The minimum Gasteiger partial charge on any atom is -0.387 e. The Balaban J connectivity index is 1.72. The second-order valence-corrected chi connectivity index (χ2v) is 5.22. The lowest BCUT2D eigenvalue weighted by Crippen LogP contribution is -2.50. The van der Waals surface area contributed by atoms with Crippen molar-refractivity contribution in [2.75, 3.05) is 39.3 Å². The van der Waals surface area contributed by atoms with E-state index in [1.807, 2.05) is 10.9 Å². The zero-order valence-electron chi connectivity index (χ0n) is 10.1. The quantitative estimate of drug-likeness (QED) is 0.834. The summed E-state index contributed by atoms with van der Waals surface area (Å²) >= 11 is 3.37. The molecule has 0 aromatic carbocycles. The van der Waals surface area contributed by atoms with Crippen LogP contribution in [0.25, 0.3) is 0 Å². The van der Waals surface area contributed by atoms with Gasteiger partial charge in [0.2, 0.25) is 5.91 Å². The molecule has 0 aliphatic carbocycles. The summed E-state index contributed by atoms with van der Waals surface area (Å²) in [6.45, 7) is 4.49. The first-order chi connectivity index (χ1) is 8.69. The lowest BCUT2D eigenvalue weighted by molar-refractivity contribution is -0.135. The topological polar surface area (TPSA) is 61.6 Å². The molecule has 1 saturated heterocycles. The van der Waals surface area contributed by atoms with E-state index >= 15 is 0 Å². The van der Waals surface area contributed by atoms with E-state index < -0.39 is 0 Å². The van der Waals surface area contributed by atoms with E-state index in [2.05, 4.69) is 25.9 Å². The van der Waals surface area contributed by atoms with Crippen molar-refractivity contribution in [2.45, 2.75) is 6.54 Å². The number of piperazine rings is 1. The van der Waals surface area contributed by atoms with Crippen molar-refractivity contribution in [1.82, 2.24) is 19.6 Å². The van der Waals surface area contributed by atoms with Gasteiger partial charge >= 0.3 is 0 Å². The predicted octanol–water partition coefficient (Wildman–Crippen LogP) is -0.218. The molecule has 0 spiro atoms. The highest BCUT2D eigenvalue weighted by molar-refractivity contribution is 9.10. The fourth-order valence-electron chi connectivity index (χ4n) is 2.03. The Labute approximate surface area is 114 Å². The highest BCUT2D eigenvalue weighted by atomic mass is 79.9. The number of hydrogen-bond acceptors (Lipinski definition) is 4. The molecule has 0 radical (unpaired) electrons. The zero-order chi connectivity index (χ0) is 13.0. The molecule has 0 unspecified atom stereocenters. The molecule has 18 heavy (non-hydrogen) atoms. The zero-order valence-corrected chi connectivity index (χ0v) is 11.7. The molecule has 0 bridgehead atoms. The molecule has 1 aromatic heterocycles. The van der Waals surface area contributed by atoms with Crippen LogP contribution >= 0.6 is 15.9 Å². The Morgan fingerprint density at radius 1 is 1.33 bits per heavy atom. The van der Waals surface area contributed by atoms with Gasteiger partial charge in [-0.25, -0.2) is 0 Å². The van der Waals surface area contributed by atoms with Gasteiger partial charge in [-0.2, -0.15) is 5.10 Å². The van der Waals surface area contributed by atoms with Gasteiger partial charge in [0.25, 0.3) is 0 Å². The molecule has 1 aliphatic heterocycles. The van der Waals surface area contributed by atoms with Crippen LogP contribution in [-0.4, -0.2) is 69.9 Å². The molecular formula is C11H17BrN4O2. The van der Waals surface area contributed by atoms with E-state index in [1.165, 1.54) is 0 Å². The van der Waals surface area contributed by atoms with Gasteiger partial charge < -0.3 is 10.0 Å². The molecule has 1 aliphatic rings. The molecule has 6 nitrogen and oxygen atoms in total. The van der Waals surface area contributed by atoms with Crippen molar-refractivity contribution in [2.24, 2.45) is 0 Å². The van der Waals surface area contributed by atoms with Crippen LogP contribution in [0.15, 0.2) is 16.9 Å². The van der Waals surface area contributed by atoms with Gasteiger partial charge in [-0.3, -0.25) is 14.4 Å². The van der Waals surface area contributed by atoms with Crippen molar-refractivity contribution in [3.63, 3.8) is 0 Å². The van der Waals surface area contributed by atoms with E-state index in [-0.39, 0.29) is 12.5 Å². The highest BCUT2D eigenvalue weighted by Crippen LogP contribution is 2.07. The normalized spacial score (nSPS) is 17.1. The largest absolute Gasteiger partial charge is 0.387 e. The fourth-order valence-corrected chi connectivity index (χ4v) is 2.35. The lowest BCUT2D eigenvalue weighted by Gasteiger charge is -2.34. The molecule has 1 aromatic rings. The number of carbonyl (C=O) groups excluding carboxylic acids is 1. The van der Waals surface area contributed by atoms with E-state index in [9.17, 15) is 4.79 Å². The first-order valence-corrected chi connectivity index (χ1v) is 6.77. The molecule has 0 saturated carbocycles. The minimum absolute atomic E-state index is 0.175. The Hall–Kier alpha value is -0.920. The van der Waals surface area contributed by atoms with Gasteiger partial charge in [-0.1, -0.05) is 0 Å². The fraction of sp³-hybridized carbons (Fsp3) is 0.636. The average molecular weight is 317 g/mol. The summed E-state index contributed by atoms with van der Waals surface area (Å²) in [5.74, 6) is -0.175. The van der Waals surface area contributed by atoms with Gasteiger partial charge in [-0.15, -0.1) is 0 Å². The van der Waals surface area contributed by atoms with Gasteiger partial charge in [0.05, 0.1) is 17.2 Å². The minimum atomic E-state index is -0.388. The van der Waals surface area contributed by atoms with Crippen molar-refractivity contribution < 1.29 is 9.90 Å². The number of aromatic nitrogens is 2. The van der Waals surface area contributed by atoms with Gasteiger partial charge in [0.1, 0.15) is 6.61 Å². The molecule has 0 atom stereocenters. The number of carbonyl (C=O) groups is 1. The van der Waals surface area contributed by atoms with Crippen LogP contribution in [0.3, 0.4) is 0 Å². The van der Waals surface area contributed by atoms with Crippen LogP contribution < -0.4 is 0 Å². The van der Waals surface area contributed by atoms with Crippen LogP contribution in [0.5, 0.6) is 0 Å². The number of amides is 1. The predicted molar refractivity (Wildman–Crippen MR) is 70.0 cm³/mol. The lowest BCUT2D eigenvalue weighted by atomic mass is 10.3. The molecule has 2 heterocycles. The van der Waals surface area contributed by atoms with Crippen LogP contribution in [0.2, 0.25) is 0 Å². The number of halogens is 1. The third kappa shape index (κ3) is 3.54. The van der Waals surface area contributed by atoms with Crippen LogP contribution in [0, 0.1) is 0 Å². The third-order valence-electron chi connectivity index (χ3n) is 3.11. The maximum absolute atomic E-state index is 11.3. The summed E-state index contributed by atoms with van der Waals surface area (Å²) in [5, 5.41) is 13.0. The molecular weight excluding hydrogens is 300 g/mol. The Morgan fingerprint density at radius 3 is 2.61 bits per heavy atom. The van der Waals surface area contributed by atoms with E-state index in [0.717, 1.165) is 30.7 Å². The van der Waals surface area contributed by atoms with E-state index in [0.29, 0.717) is 13.1 Å². The SMILES string of the molecule is O=C(CO)N1CCN(CCn2cc(Br)cn2)CC1. The summed E-state index contributed by atoms with van der Waals surface area (Å²) in [5.41, 5.74) is 0. The summed E-state index contributed by atoms with van der Waals surface area (Å²) in [4.78, 5) is 15.3. The summed E-state index contributed by atoms with van der Waals surface area (Å²) in [7, 11) is 0. The van der Waals surface area contributed by atoms with Crippen LogP contribution in [0.4, 0.5) is 0 Å². The molecule has 100 valence electrons. The third-order valence-corrected chi connectivity index (χ3v) is 3.52. The Kier molecular flexibility index (Phi) is 4.73. The molecule has 1 fully saturated rings. The molecule has 7 heteroatoms. The first-order valence-electron chi connectivity index (χ1n) is 5.98. The second-order valence-electron chi connectivity index (χ2n) is 4.30. The van der Waals surface area contributed by atoms with E-state index in [1.54, 1.807) is 11.1 Å². The molecule has 1 amide bonds. The highest BCUT2D eigenvalue weighted by Gasteiger charge is 2.19. The van der Waals surface area contributed by atoms with Gasteiger partial charge in [0.15, 0.2) is 0 Å². The maximum Gasteiger partial charge on any atom is 0.248 e. The molecule has 2 rings (SSSR count). The number of aliphatic hydroxyl groups is 1. The monoisotopic (exact) mass is 316 g/mol. The van der Waals surface area contributed by atoms with Gasteiger partial charge in [0, 0.05) is 38.9 Å². The number of aliphatic hydroxyl groups excluding tert-OH is 1. The number of nitrogens with zero attached hydrogens (tertiary/aromatic N) is 4. The van der Waals surface area contributed by atoms with Crippen LogP contribution in [0.1, 0.15) is 0 Å². The van der Waals surface area contributed by atoms with Crippen molar-refractivity contribution in [3.05, 3.63) is 16.9 Å². The van der Waals surface area contributed by atoms with E-state index in [4.69, 9.17) is 5.11 Å². The van der Waals surface area contributed by atoms with Crippen molar-refractivity contribution in [3.8, 4) is 0 Å². The van der Waals surface area contributed by atoms with Gasteiger partial charge in [-0.05, 0) is 15.9 Å². The molecule has 1 N–H and O–H groups in total. The Morgan fingerprint density at radius 2 is 2.06 bits per heavy atom. The van der Waals surface area contributed by atoms with Crippen molar-refractivity contribution >= 4 is 21.8 Å². The smallest absolute Gasteiger partial charge is 0.248 e. The number of rotatable bonds is 4. The Bertz CT molecular complexity index is 402. The first kappa shape index (κ1) is 13.5. The number of hydrogen-bond donors (Lipinski definition) is 1. The maximum atomic E-state index is 11.3. The average Bonchev–Trinajstić information content (AvgIpc) is 2.82. The standard InChI is InChI=1S/C11H17BrN4O2/c12-10-7-13-16(8-10)6-3-14-1-4-15(5-2-14)11(18)9-17/h7-8,17H,1-6,9H2. The summed E-state index contributed by atoms with van der Waals surface area (Å²) in [6, 6.07) is 0. The summed E-state index contributed by atoms with van der Waals surface area (Å²) in [6.07, 6.45) is 3.73. The van der Waals surface area contributed by atoms with Crippen molar-refractivity contribution in [1.29, 1.82) is 0 Å². The van der Waals surface area contributed by atoms with Crippen LogP contribution in [-0.2, 0) is 11.3 Å². The second kappa shape index (κ2) is 6.31.